The van der Waals surface area contributed by atoms with Gasteiger partial charge >= 0.3 is 5.97 Å². The zero-order chi connectivity index (χ0) is 18.6. The number of benzene rings is 2. The highest BCUT2D eigenvalue weighted by atomic mass is 32.1. The Morgan fingerprint density at radius 1 is 1.00 bits per heavy atom. The van der Waals surface area contributed by atoms with E-state index >= 15 is 0 Å². The van der Waals surface area contributed by atoms with Crippen LogP contribution in [0.15, 0.2) is 48.5 Å². The third-order valence-electron chi connectivity index (χ3n) is 4.71. The van der Waals surface area contributed by atoms with E-state index in [9.17, 15) is 9.59 Å². The molecule has 5 nitrogen and oxygen atoms in total. The second-order valence-electron chi connectivity index (χ2n) is 6.55. The van der Waals surface area contributed by atoms with Gasteiger partial charge in [-0.1, -0.05) is 30.3 Å². The molecule has 138 valence electrons. The third-order valence-corrected chi connectivity index (χ3v) is 5.78. The number of hydrogen-bond donors (Lipinski definition) is 0. The zero-order valence-electron chi connectivity index (χ0n) is 14.9. The van der Waals surface area contributed by atoms with Crippen molar-refractivity contribution in [1.82, 2.24) is 9.88 Å². The van der Waals surface area contributed by atoms with Crippen molar-refractivity contribution in [3.63, 3.8) is 0 Å². The average molecular weight is 380 g/mol. The number of carbonyl (C=O) groups excluding carboxylic acids is 2. The highest BCUT2D eigenvalue weighted by Gasteiger charge is 2.21. The fourth-order valence-electron chi connectivity index (χ4n) is 3.27. The summed E-state index contributed by atoms with van der Waals surface area (Å²) in [6.07, 6.45) is 3.18. The van der Waals surface area contributed by atoms with E-state index in [2.05, 4.69) is 4.98 Å². The first-order valence-electron chi connectivity index (χ1n) is 9.12. The van der Waals surface area contributed by atoms with Crippen LogP contribution in [0.1, 0.15) is 29.6 Å². The normalized spacial score (nSPS) is 14.3. The van der Waals surface area contributed by atoms with Crippen LogP contribution in [0.4, 0.5) is 0 Å². The van der Waals surface area contributed by atoms with Crippen molar-refractivity contribution >= 4 is 33.4 Å². The summed E-state index contributed by atoms with van der Waals surface area (Å²) in [6.45, 7) is 1.28. The number of piperidine rings is 1. The van der Waals surface area contributed by atoms with Gasteiger partial charge in [0.2, 0.25) is 0 Å². The highest BCUT2D eigenvalue weighted by Crippen LogP contribution is 2.32. The van der Waals surface area contributed by atoms with Gasteiger partial charge in [0, 0.05) is 18.7 Å². The summed E-state index contributed by atoms with van der Waals surface area (Å²) in [4.78, 5) is 31.3. The van der Waals surface area contributed by atoms with E-state index in [0.717, 1.165) is 53.1 Å². The predicted molar refractivity (Wildman–Crippen MR) is 106 cm³/mol. The van der Waals surface area contributed by atoms with Crippen molar-refractivity contribution in [2.24, 2.45) is 0 Å². The number of esters is 1. The van der Waals surface area contributed by atoms with Crippen molar-refractivity contribution in [2.45, 2.75) is 19.3 Å². The van der Waals surface area contributed by atoms with E-state index in [1.807, 2.05) is 36.4 Å². The van der Waals surface area contributed by atoms with E-state index < -0.39 is 5.97 Å². The minimum Gasteiger partial charge on any atom is -0.452 e. The summed E-state index contributed by atoms with van der Waals surface area (Å²) >= 11 is 1.53. The Kier molecular flexibility index (Phi) is 5.16. The topological polar surface area (TPSA) is 59.5 Å². The molecule has 4 rings (SSSR count). The zero-order valence-corrected chi connectivity index (χ0v) is 15.7. The molecule has 0 bridgehead atoms. The van der Waals surface area contributed by atoms with Crippen LogP contribution in [0.2, 0.25) is 0 Å². The Morgan fingerprint density at radius 3 is 2.56 bits per heavy atom. The summed E-state index contributed by atoms with van der Waals surface area (Å²) in [7, 11) is 0. The van der Waals surface area contributed by atoms with Crippen molar-refractivity contribution < 1.29 is 14.3 Å². The van der Waals surface area contributed by atoms with Crippen LogP contribution in [0.25, 0.3) is 20.8 Å². The fraction of sp³-hybridized carbons (Fsp3) is 0.286. The summed E-state index contributed by atoms with van der Waals surface area (Å²) < 4.78 is 6.39. The number of likely N-dealkylation sites (tertiary alicyclic amines) is 1. The van der Waals surface area contributed by atoms with Crippen LogP contribution in [0.5, 0.6) is 0 Å². The molecule has 6 heteroatoms. The molecule has 0 saturated carbocycles. The molecular weight excluding hydrogens is 360 g/mol. The molecule has 1 saturated heterocycles. The number of nitrogens with zero attached hydrogens (tertiary/aromatic N) is 2. The van der Waals surface area contributed by atoms with Gasteiger partial charge in [-0.3, -0.25) is 4.79 Å². The lowest BCUT2D eigenvalue weighted by Gasteiger charge is -2.26. The van der Waals surface area contributed by atoms with Gasteiger partial charge in [0.05, 0.1) is 15.8 Å². The van der Waals surface area contributed by atoms with Crippen molar-refractivity contribution in [3.8, 4) is 10.6 Å². The van der Waals surface area contributed by atoms with Crippen LogP contribution in [0.3, 0.4) is 0 Å². The van der Waals surface area contributed by atoms with E-state index in [1.165, 1.54) is 11.3 Å². The molecule has 0 radical (unpaired) electrons. The first-order chi connectivity index (χ1) is 13.2. The molecular formula is C21H20N2O3S. The minimum atomic E-state index is -0.491. The summed E-state index contributed by atoms with van der Waals surface area (Å²) in [6, 6.07) is 15.1. The summed E-state index contributed by atoms with van der Waals surface area (Å²) in [5.74, 6) is -0.615. The number of aromatic nitrogens is 1. The SMILES string of the molecule is O=C(OCC(=O)N1CCCCC1)c1ccccc1-c1nc2ccccc2s1. The van der Waals surface area contributed by atoms with E-state index in [0.29, 0.717) is 5.56 Å². The van der Waals surface area contributed by atoms with Gasteiger partial charge in [-0.15, -0.1) is 11.3 Å². The van der Waals surface area contributed by atoms with Crippen LogP contribution >= 0.6 is 11.3 Å². The molecule has 2 aromatic carbocycles. The number of fused-ring (bicyclic) bond motifs is 1. The standard InChI is InChI=1S/C21H20N2O3S/c24-19(23-12-6-1-7-13-23)14-26-21(25)16-9-3-2-8-15(16)20-22-17-10-4-5-11-18(17)27-20/h2-5,8-11H,1,6-7,12-14H2. The lowest BCUT2D eigenvalue weighted by molar-refractivity contribution is -0.135. The quantitative estimate of drug-likeness (QED) is 0.639. The number of carbonyl (C=O) groups is 2. The van der Waals surface area contributed by atoms with Crippen molar-refractivity contribution in [3.05, 3.63) is 54.1 Å². The monoisotopic (exact) mass is 380 g/mol. The molecule has 0 aliphatic carbocycles. The molecule has 0 spiro atoms. The fourth-order valence-corrected chi connectivity index (χ4v) is 4.28. The van der Waals surface area contributed by atoms with Crippen LogP contribution < -0.4 is 0 Å². The van der Waals surface area contributed by atoms with E-state index in [-0.39, 0.29) is 12.5 Å². The number of para-hydroxylation sites is 1. The van der Waals surface area contributed by atoms with Crippen molar-refractivity contribution in [1.29, 1.82) is 0 Å². The molecule has 0 N–H and O–H groups in total. The first kappa shape index (κ1) is 17.7. The molecule has 27 heavy (non-hydrogen) atoms. The third kappa shape index (κ3) is 3.85. The Hall–Kier alpha value is -2.73. The summed E-state index contributed by atoms with van der Waals surface area (Å²) in [5, 5.41) is 0.770. The predicted octanol–water partition coefficient (Wildman–Crippen LogP) is 4.13. The number of amides is 1. The molecule has 0 unspecified atom stereocenters. The lowest BCUT2D eigenvalue weighted by Crippen LogP contribution is -2.38. The molecule has 1 amide bonds. The molecule has 1 aromatic heterocycles. The minimum absolute atomic E-state index is 0.125. The lowest BCUT2D eigenvalue weighted by atomic mass is 10.1. The Morgan fingerprint density at radius 2 is 1.74 bits per heavy atom. The van der Waals surface area contributed by atoms with Gasteiger partial charge in [-0.2, -0.15) is 0 Å². The Balaban J connectivity index is 1.51. The van der Waals surface area contributed by atoms with Gasteiger partial charge < -0.3 is 9.64 Å². The Bertz CT molecular complexity index is 943. The van der Waals surface area contributed by atoms with Gasteiger partial charge in [-0.05, 0) is 37.5 Å². The Labute approximate surface area is 161 Å². The first-order valence-corrected chi connectivity index (χ1v) is 9.94. The molecule has 1 aliphatic heterocycles. The van der Waals surface area contributed by atoms with E-state index in [1.54, 1.807) is 17.0 Å². The smallest absolute Gasteiger partial charge is 0.339 e. The number of thiazole rings is 1. The highest BCUT2D eigenvalue weighted by molar-refractivity contribution is 7.21. The maximum Gasteiger partial charge on any atom is 0.339 e. The molecule has 1 fully saturated rings. The molecule has 0 atom stereocenters. The van der Waals surface area contributed by atoms with Crippen molar-refractivity contribution in [2.75, 3.05) is 19.7 Å². The van der Waals surface area contributed by atoms with Gasteiger partial charge in [0.15, 0.2) is 6.61 Å². The number of ether oxygens (including phenoxy) is 1. The maximum atomic E-state index is 12.6. The molecule has 1 aliphatic rings. The van der Waals surface area contributed by atoms with Crippen LogP contribution in [-0.4, -0.2) is 41.5 Å². The second-order valence-corrected chi connectivity index (χ2v) is 7.58. The van der Waals surface area contributed by atoms with Gasteiger partial charge in [-0.25, -0.2) is 9.78 Å². The number of rotatable bonds is 4. The van der Waals surface area contributed by atoms with Crippen LogP contribution in [0, 0.1) is 0 Å². The van der Waals surface area contributed by atoms with Gasteiger partial charge in [0.1, 0.15) is 5.01 Å². The van der Waals surface area contributed by atoms with Crippen LogP contribution in [-0.2, 0) is 9.53 Å². The molecule has 3 aromatic rings. The average Bonchev–Trinajstić information content (AvgIpc) is 3.16. The second kappa shape index (κ2) is 7.88. The number of hydrogen-bond acceptors (Lipinski definition) is 5. The maximum absolute atomic E-state index is 12.6. The van der Waals surface area contributed by atoms with E-state index in [4.69, 9.17) is 4.74 Å². The molecule has 2 heterocycles. The summed E-state index contributed by atoms with van der Waals surface area (Å²) in [5.41, 5.74) is 2.07. The largest absolute Gasteiger partial charge is 0.452 e. The van der Waals surface area contributed by atoms with Gasteiger partial charge in [0.25, 0.3) is 5.91 Å².